The number of nitrogens with zero attached hydrogens (tertiary/aromatic N) is 1. The molecule has 1 amide bonds. The third kappa shape index (κ3) is 4.57. The van der Waals surface area contributed by atoms with Crippen molar-refractivity contribution in [1.29, 1.82) is 0 Å². The van der Waals surface area contributed by atoms with Gasteiger partial charge in [-0.3, -0.25) is 4.79 Å². The summed E-state index contributed by atoms with van der Waals surface area (Å²) in [5, 5.41) is 6.50. The van der Waals surface area contributed by atoms with Crippen molar-refractivity contribution < 1.29 is 23.1 Å². The molecule has 2 aromatic rings. The Bertz CT molecular complexity index is 815. The van der Waals surface area contributed by atoms with E-state index in [2.05, 4.69) is 31.1 Å². The standard InChI is InChI=1S/C18H15BrF2N2O3/c19-13-6-7-15(25-18(20)21)12(8-13)10-22-17(24)14-9-16(26-23-14)11-4-2-1-3-5-11/h1-8,16,18H,9-10H2,(H,22,24)/t16-/m1/s1. The lowest BCUT2D eigenvalue weighted by molar-refractivity contribution is -0.115. The van der Waals surface area contributed by atoms with Crippen LogP contribution in [0.3, 0.4) is 0 Å². The van der Waals surface area contributed by atoms with Crippen molar-refractivity contribution in [3.63, 3.8) is 0 Å². The Morgan fingerprint density at radius 3 is 2.81 bits per heavy atom. The molecule has 0 saturated heterocycles. The van der Waals surface area contributed by atoms with Gasteiger partial charge in [0, 0.05) is 23.0 Å². The first-order valence-corrected chi connectivity index (χ1v) is 8.61. The Kier molecular flexibility index (Phi) is 5.82. The summed E-state index contributed by atoms with van der Waals surface area (Å²) in [5.41, 5.74) is 1.61. The second-order valence-electron chi connectivity index (χ2n) is 5.56. The van der Waals surface area contributed by atoms with Gasteiger partial charge in [0.1, 0.15) is 11.5 Å². The number of carbonyl (C=O) groups is 1. The number of amides is 1. The summed E-state index contributed by atoms with van der Waals surface area (Å²) in [5.74, 6) is -0.401. The van der Waals surface area contributed by atoms with Crippen molar-refractivity contribution in [3.05, 3.63) is 64.1 Å². The number of nitrogens with one attached hydrogen (secondary N) is 1. The monoisotopic (exact) mass is 424 g/mol. The summed E-state index contributed by atoms with van der Waals surface area (Å²) in [6, 6.07) is 14.1. The van der Waals surface area contributed by atoms with Gasteiger partial charge >= 0.3 is 6.61 Å². The highest BCUT2D eigenvalue weighted by Gasteiger charge is 2.27. The second kappa shape index (κ2) is 8.27. The summed E-state index contributed by atoms with van der Waals surface area (Å²) in [7, 11) is 0. The molecule has 1 N–H and O–H groups in total. The molecule has 3 rings (SSSR count). The van der Waals surface area contributed by atoms with Crippen LogP contribution < -0.4 is 10.1 Å². The Labute approximate surface area is 157 Å². The number of benzene rings is 2. The van der Waals surface area contributed by atoms with Crippen molar-refractivity contribution in [2.45, 2.75) is 25.7 Å². The van der Waals surface area contributed by atoms with Gasteiger partial charge in [-0.15, -0.1) is 0 Å². The topological polar surface area (TPSA) is 59.9 Å². The van der Waals surface area contributed by atoms with Crippen molar-refractivity contribution in [2.24, 2.45) is 5.16 Å². The number of hydrogen-bond acceptors (Lipinski definition) is 4. The van der Waals surface area contributed by atoms with E-state index >= 15 is 0 Å². The van der Waals surface area contributed by atoms with E-state index in [4.69, 9.17) is 4.84 Å². The van der Waals surface area contributed by atoms with Crippen LogP contribution in [0.5, 0.6) is 5.75 Å². The molecule has 5 nitrogen and oxygen atoms in total. The maximum atomic E-state index is 12.5. The van der Waals surface area contributed by atoms with Crippen LogP contribution in [0.1, 0.15) is 23.7 Å². The maximum absolute atomic E-state index is 12.5. The number of rotatable bonds is 6. The number of carbonyl (C=O) groups excluding carboxylic acids is 1. The molecular formula is C18H15BrF2N2O3. The number of oxime groups is 1. The van der Waals surface area contributed by atoms with Crippen molar-refractivity contribution >= 4 is 27.5 Å². The number of alkyl halides is 2. The first-order chi connectivity index (χ1) is 12.5. The average molecular weight is 425 g/mol. The molecule has 0 saturated carbocycles. The quantitative estimate of drug-likeness (QED) is 0.756. The molecule has 0 aromatic heterocycles. The molecule has 1 aliphatic heterocycles. The van der Waals surface area contributed by atoms with E-state index in [0.717, 1.165) is 5.56 Å². The highest BCUT2D eigenvalue weighted by molar-refractivity contribution is 9.10. The van der Waals surface area contributed by atoms with Crippen LogP contribution in [0, 0.1) is 0 Å². The normalized spacial score (nSPS) is 16.2. The zero-order chi connectivity index (χ0) is 18.5. The number of hydrogen-bond donors (Lipinski definition) is 1. The summed E-state index contributed by atoms with van der Waals surface area (Å²) in [4.78, 5) is 17.6. The fourth-order valence-electron chi connectivity index (χ4n) is 2.53. The highest BCUT2D eigenvalue weighted by atomic mass is 79.9. The molecule has 1 atom stereocenters. The van der Waals surface area contributed by atoms with Crippen LogP contribution in [0.15, 0.2) is 58.2 Å². The molecule has 0 spiro atoms. The lowest BCUT2D eigenvalue weighted by Crippen LogP contribution is -2.30. The van der Waals surface area contributed by atoms with Gasteiger partial charge in [-0.1, -0.05) is 51.4 Å². The van der Waals surface area contributed by atoms with E-state index in [9.17, 15) is 13.6 Å². The second-order valence-corrected chi connectivity index (χ2v) is 6.48. The van der Waals surface area contributed by atoms with Gasteiger partial charge in [0.25, 0.3) is 5.91 Å². The minimum atomic E-state index is -2.94. The van der Waals surface area contributed by atoms with Crippen LogP contribution in [-0.2, 0) is 16.2 Å². The Hall–Kier alpha value is -2.48. The fraction of sp³-hybridized carbons (Fsp3) is 0.222. The third-order valence-corrected chi connectivity index (χ3v) is 4.27. The van der Waals surface area contributed by atoms with Gasteiger partial charge in [0.05, 0.1) is 0 Å². The first-order valence-electron chi connectivity index (χ1n) is 7.82. The molecule has 8 heteroatoms. The first kappa shape index (κ1) is 18.3. The largest absolute Gasteiger partial charge is 0.434 e. The lowest BCUT2D eigenvalue weighted by atomic mass is 10.0. The van der Waals surface area contributed by atoms with E-state index in [1.807, 2.05) is 30.3 Å². The minimum Gasteiger partial charge on any atom is -0.434 e. The maximum Gasteiger partial charge on any atom is 0.387 e. The zero-order valence-electron chi connectivity index (χ0n) is 13.5. The highest BCUT2D eigenvalue weighted by Crippen LogP contribution is 2.27. The smallest absolute Gasteiger partial charge is 0.387 e. The van der Waals surface area contributed by atoms with Crippen molar-refractivity contribution in [2.75, 3.05) is 0 Å². The number of ether oxygens (including phenoxy) is 1. The van der Waals surface area contributed by atoms with Crippen LogP contribution in [0.2, 0.25) is 0 Å². The van der Waals surface area contributed by atoms with Crippen molar-refractivity contribution in [1.82, 2.24) is 5.32 Å². The Morgan fingerprint density at radius 1 is 1.31 bits per heavy atom. The predicted molar refractivity (Wildman–Crippen MR) is 94.9 cm³/mol. The van der Waals surface area contributed by atoms with E-state index in [-0.39, 0.29) is 24.1 Å². The molecule has 2 aromatic carbocycles. The van der Waals surface area contributed by atoms with Gasteiger partial charge in [0.2, 0.25) is 0 Å². The summed E-state index contributed by atoms with van der Waals surface area (Å²) < 4.78 is 30.1. The van der Waals surface area contributed by atoms with Crippen LogP contribution in [0.25, 0.3) is 0 Å². The van der Waals surface area contributed by atoms with Gasteiger partial charge in [-0.2, -0.15) is 8.78 Å². The summed E-state index contributed by atoms with van der Waals surface area (Å²) in [6.07, 6.45) is 0.0369. The molecule has 0 unspecified atom stereocenters. The lowest BCUT2D eigenvalue weighted by Gasteiger charge is -2.12. The van der Waals surface area contributed by atoms with Crippen LogP contribution in [0.4, 0.5) is 8.78 Å². The molecule has 26 heavy (non-hydrogen) atoms. The predicted octanol–water partition coefficient (Wildman–Crippen LogP) is 4.18. The zero-order valence-corrected chi connectivity index (χ0v) is 15.1. The van der Waals surface area contributed by atoms with Gasteiger partial charge in [-0.25, -0.2) is 0 Å². The number of halogens is 3. The molecule has 0 bridgehead atoms. The van der Waals surface area contributed by atoms with Crippen LogP contribution >= 0.6 is 15.9 Å². The summed E-state index contributed by atoms with van der Waals surface area (Å²) in [6.45, 7) is -2.92. The molecular weight excluding hydrogens is 410 g/mol. The SMILES string of the molecule is O=C(NCc1cc(Br)ccc1OC(F)F)C1=NO[C@@H](c2ccccc2)C1. The van der Waals surface area contributed by atoms with Gasteiger partial charge < -0.3 is 14.9 Å². The molecule has 1 aliphatic rings. The van der Waals surface area contributed by atoms with Gasteiger partial charge in [0.15, 0.2) is 6.10 Å². The van der Waals surface area contributed by atoms with Crippen molar-refractivity contribution in [3.8, 4) is 5.75 Å². The average Bonchev–Trinajstić information content (AvgIpc) is 3.12. The molecule has 0 aliphatic carbocycles. The molecule has 136 valence electrons. The summed E-state index contributed by atoms with van der Waals surface area (Å²) >= 11 is 3.27. The molecule has 1 heterocycles. The molecule has 0 radical (unpaired) electrons. The fourth-order valence-corrected chi connectivity index (χ4v) is 2.94. The minimum absolute atomic E-state index is 0.00951. The molecule has 0 fully saturated rings. The van der Waals surface area contributed by atoms with Gasteiger partial charge in [-0.05, 0) is 23.8 Å². The van der Waals surface area contributed by atoms with E-state index in [1.54, 1.807) is 12.1 Å². The van der Waals surface area contributed by atoms with Crippen LogP contribution in [-0.4, -0.2) is 18.2 Å². The van der Waals surface area contributed by atoms with E-state index in [1.165, 1.54) is 6.07 Å². The Morgan fingerprint density at radius 2 is 2.08 bits per heavy atom. The van der Waals surface area contributed by atoms with E-state index in [0.29, 0.717) is 16.5 Å². The Balaban J connectivity index is 1.60. The van der Waals surface area contributed by atoms with E-state index < -0.39 is 12.5 Å². The third-order valence-electron chi connectivity index (χ3n) is 3.78.